The zero-order valence-corrected chi connectivity index (χ0v) is 11.8. The number of piperidine rings is 1. The van der Waals surface area contributed by atoms with Gasteiger partial charge in [-0.2, -0.15) is 5.10 Å². The van der Waals surface area contributed by atoms with Crippen LogP contribution in [0, 0.1) is 6.92 Å². The Balaban J connectivity index is 1.97. The Morgan fingerprint density at radius 2 is 2.21 bits per heavy atom. The van der Waals surface area contributed by atoms with Crippen molar-refractivity contribution in [3.8, 4) is 5.69 Å². The molecule has 0 bridgehead atoms. The van der Waals surface area contributed by atoms with E-state index >= 15 is 0 Å². The van der Waals surface area contributed by atoms with Crippen LogP contribution in [0.25, 0.3) is 5.69 Å². The third-order valence-electron chi connectivity index (χ3n) is 3.87. The first-order chi connectivity index (χ1) is 9.27. The molecule has 1 saturated heterocycles. The molecule has 0 radical (unpaired) electrons. The fourth-order valence-electron chi connectivity index (χ4n) is 2.81. The Labute approximate surface area is 118 Å². The standard InChI is InChI=1S/C15H18ClN3/c1-11-13(12-5-4-8-17-9-12)10-18-19(11)15-7-3-2-6-14(15)16/h2-3,6-7,10,12,17H,4-5,8-9H2,1H3. The molecule has 0 aliphatic carbocycles. The smallest absolute Gasteiger partial charge is 0.0834 e. The highest BCUT2D eigenvalue weighted by atomic mass is 35.5. The van der Waals surface area contributed by atoms with Gasteiger partial charge in [-0.05, 0) is 49.9 Å². The van der Waals surface area contributed by atoms with E-state index in [1.807, 2.05) is 35.1 Å². The molecule has 3 nitrogen and oxygen atoms in total. The van der Waals surface area contributed by atoms with Crippen LogP contribution in [0.5, 0.6) is 0 Å². The van der Waals surface area contributed by atoms with Gasteiger partial charge < -0.3 is 5.32 Å². The first kappa shape index (κ1) is 12.7. The van der Waals surface area contributed by atoms with E-state index in [0.717, 1.165) is 23.8 Å². The lowest BCUT2D eigenvalue weighted by atomic mass is 9.92. The van der Waals surface area contributed by atoms with Gasteiger partial charge in [0.05, 0.1) is 16.9 Å². The van der Waals surface area contributed by atoms with E-state index in [2.05, 4.69) is 17.3 Å². The van der Waals surface area contributed by atoms with Crippen LogP contribution in [-0.4, -0.2) is 22.9 Å². The molecule has 0 amide bonds. The highest BCUT2D eigenvalue weighted by Gasteiger charge is 2.20. The van der Waals surface area contributed by atoms with Gasteiger partial charge >= 0.3 is 0 Å². The molecule has 100 valence electrons. The zero-order valence-electron chi connectivity index (χ0n) is 11.1. The lowest BCUT2D eigenvalue weighted by Crippen LogP contribution is -2.28. The van der Waals surface area contributed by atoms with Crippen LogP contribution in [0.1, 0.15) is 30.0 Å². The highest BCUT2D eigenvalue weighted by molar-refractivity contribution is 6.32. The van der Waals surface area contributed by atoms with E-state index < -0.39 is 0 Å². The van der Waals surface area contributed by atoms with E-state index in [-0.39, 0.29) is 0 Å². The van der Waals surface area contributed by atoms with Gasteiger partial charge in [0.25, 0.3) is 0 Å². The summed E-state index contributed by atoms with van der Waals surface area (Å²) in [5, 5.41) is 8.72. The number of rotatable bonds is 2. The molecule has 1 unspecified atom stereocenters. The number of nitrogens with one attached hydrogen (secondary N) is 1. The van der Waals surface area contributed by atoms with Crippen molar-refractivity contribution in [3.05, 3.63) is 46.7 Å². The molecule has 0 spiro atoms. The van der Waals surface area contributed by atoms with Crippen LogP contribution < -0.4 is 5.32 Å². The third kappa shape index (κ3) is 2.40. The van der Waals surface area contributed by atoms with Gasteiger partial charge in [-0.15, -0.1) is 0 Å². The van der Waals surface area contributed by atoms with Gasteiger partial charge in [0.15, 0.2) is 0 Å². The van der Waals surface area contributed by atoms with E-state index in [9.17, 15) is 0 Å². The highest BCUT2D eigenvalue weighted by Crippen LogP contribution is 2.28. The minimum Gasteiger partial charge on any atom is -0.316 e. The van der Waals surface area contributed by atoms with Crippen LogP contribution >= 0.6 is 11.6 Å². The van der Waals surface area contributed by atoms with Gasteiger partial charge in [-0.3, -0.25) is 0 Å². The van der Waals surface area contributed by atoms with E-state index in [0.29, 0.717) is 5.92 Å². The van der Waals surface area contributed by atoms with Crippen LogP contribution in [-0.2, 0) is 0 Å². The number of hydrogen-bond donors (Lipinski definition) is 1. The number of nitrogens with zero attached hydrogens (tertiary/aromatic N) is 2. The fourth-order valence-corrected chi connectivity index (χ4v) is 3.02. The van der Waals surface area contributed by atoms with Crippen LogP contribution in [0.15, 0.2) is 30.5 Å². The van der Waals surface area contributed by atoms with Crippen molar-refractivity contribution in [2.45, 2.75) is 25.7 Å². The SMILES string of the molecule is Cc1c(C2CCCNC2)cnn1-c1ccccc1Cl. The fraction of sp³-hybridized carbons (Fsp3) is 0.400. The molecule has 1 aliphatic heterocycles. The van der Waals surface area contributed by atoms with Crippen molar-refractivity contribution in [2.24, 2.45) is 0 Å². The Hall–Kier alpha value is -1.32. The monoisotopic (exact) mass is 275 g/mol. The first-order valence-electron chi connectivity index (χ1n) is 6.77. The molecular formula is C15H18ClN3. The molecule has 0 saturated carbocycles. The molecule has 1 fully saturated rings. The average molecular weight is 276 g/mol. The zero-order chi connectivity index (χ0) is 13.2. The Bertz CT molecular complexity index is 571. The maximum atomic E-state index is 6.25. The van der Waals surface area contributed by atoms with Crippen molar-refractivity contribution in [1.29, 1.82) is 0 Å². The van der Waals surface area contributed by atoms with Gasteiger partial charge in [-0.1, -0.05) is 23.7 Å². The summed E-state index contributed by atoms with van der Waals surface area (Å²) in [6.07, 6.45) is 4.47. The van der Waals surface area contributed by atoms with Gasteiger partial charge in [0, 0.05) is 12.2 Å². The quantitative estimate of drug-likeness (QED) is 0.911. The number of para-hydroxylation sites is 1. The van der Waals surface area contributed by atoms with E-state index in [1.54, 1.807) is 0 Å². The summed E-state index contributed by atoms with van der Waals surface area (Å²) < 4.78 is 1.95. The van der Waals surface area contributed by atoms with Crippen molar-refractivity contribution in [3.63, 3.8) is 0 Å². The van der Waals surface area contributed by atoms with Crippen LogP contribution in [0.4, 0.5) is 0 Å². The average Bonchev–Trinajstić information content (AvgIpc) is 2.82. The maximum Gasteiger partial charge on any atom is 0.0834 e. The van der Waals surface area contributed by atoms with Crippen molar-refractivity contribution in [1.82, 2.24) is 15.1 Å². The second-order valence-electron chi connectivity index (χ2n) is 5.09. The summed E-state index contributed by atoms with van der Waals surface area (Å²) >= 11 is 6.25. The number of hydrogen-bond acceptors (Lipinski definition) is 2. The second-order valence-corrected chi connectivity index (χ2v) is 5.50. The summed E-state index contributed by atoms with van der Waals surface area (Å²) in [4.78, 5) is 0. The summed E-state index contributed by atoms with van der Waals surface area (Å²) in [5.41, 5.74) is 3.49. The predicted octanol–water partition coefficient (Wildman–Crippen LogP) is 3.30. The van der Waals surface area contributed by atoms with Gasteiger partial charge in [0.2, 0.25) is 0 Å². The molecule has 1 aromatic carbocycles. The lowest BCUT2D eigenvalue weighted by Gasteiger charge is -2.22. The third-order valence-corrected chi connectivity index (χ3v) is 4.18. The maximum absolute atomic E-state index is 6.25. The Morgan fingerprint density at radius 3 is 2.95 bits per heavy atom. The van der Waals surface area contributed by atoms with Crippen molar-refractivity contribution >= 4 is 11.6 Å². The summed E-state index contributed by atoms with van der Waals surface area (Å²) in [7, 11) is 0. The minimum atomic E-state index is 0.574. The predicted molar refractivity (Wildman–Crippen MR) is 78.2 cm³/mol. The number of benzene rings is 1. The molecule has 1 aromatic heterocycles. The van der Waals surface area contributed by atoms with Crippen molar-refractivity contribution < 1.29 is 0 Å². The molecule has 3 rings (SSSR count). The Morgan fingerprint density at radius 1 is 1.37 bits per heavy atom. The summed E-state index contributed by atoms with van der Waals surface area (Å²) in [5.74, 6) is 0.574. The lowest BCUT2D eigenvalue weighted by molar-refractivity contribution is 0.460. The molecule has 1 N–H and O–H groups in total. The summed E-state index contributed by atoms with van der Waals surface area (Å²) in [6, 6.07) is 7.84. The molecule has 4 heteroatoms. The minimum absolute atomic E-state index is 0.574. The number of aromatic nitrogens is 2. The molecule has 1 atom stereocenters. The normalized spacial score (nSPS) is 19.6. The molecule has 2 aromatic rings. The van der Waals surface area contributed by atoms with Crippen LogP contribution in [0.3, 0.4) is 0 Å². The topological polar surface area (TPSA) is 29.9 Å². The summed E-state index contributed by atoms with van der Waals surface area (Å²) in [6.45, 7) is 4.31. The molecular weight excluding hydrogens is 258 g/mol. The number of halogens is 1. The van der Waals surface area contributed by atoms with Crippen molar-refractivity contribution in [2.75, 3.05) is 13.1 Å². The van der Waals surface area contributed by atoms with E-state index in [4.69, 9.17) is 11.6 Å². The molecule has 2 heterocycles. The Kier molecular flexibility index (Phi) is 3.58. The molecule has 1 aliphatic rings. The first-order valence-corrected chi connectivity index (χ1v) is 7.15. The van der Waals surface area contributed by atoms with Gasteiger partial charge in [0.1, 0.15) is 0 Å². The van der Waals surface area contributed by atoms with Gasteiger partial charge in [-0.25, -0.2) is 4.68 Å². The van der Waals surface area contributed by atoms with E-state index in [1.165, 1.54) is 24.1 Å². The molecule has 19 heavy (non-hydrogen) atoms. The second kappa shape index (κ2) is 5.35. The largest absolute Gasteiger partial charge is 0.316 e. The van der Waals surface area contributed by atoms with Crippen LogP contribution in [0.2, 0.25) is 5.02 Å².